The van der Waals surface area contributed by atoms with Crippen LogP contribution in [0.25, 0.3) is 0 Å². The molecule has 1 aliphatic heterocycles. The van der Waals surface area contributed by atoms with Crippen molar-refractivity contribution in [3.63, 3.8) is 0 Å². The maximum absolute atomic E-state index is 12.2. The van der Waals surface area contributed by atoms with E-state index < -0.39 is 0 Å². The minimum atomic E-state index is -0.102. The van der Waals surface area contributed by atoms with Gasteiger partial charge in [0, 0.05) is 12.1 Å². The first-order chi connectivity index (χ1) is 7.98. The molecule has 17 heavy (non-hydrogen) atoms. The summed E-state index contributed by atoms with van der Waals surface area (Å²) in [6.45, 7) is 7.95. The molecule has 92 valence electrons. The molecule has 0 aliphatic carbocycles. The van der Waals surface area contributed by atoms with E-state index in [4.69, 9.17) is 0 Å². The van der Waals surface area contributed by atoms with Crippen molar-refractivity contribution in [1.82, 2.24) is 10.6 Å². The summed E-state index contributed by atoms with van der Waals surface area (Å²) in [4.78, 5) is 12.2. The van der Waals surface area contributed by atoms with Gasteiger partial charge in [0.1, 0.15) is 0 Å². The molecule has 2 N–H and O–H groups in total. The molecule has 1 saturated heterocycles. The van der Waals surface area contributed by atoms with Gasteiger partial charge in [0.25, 0.3) is 5.91 Å². The van der Waals surface area contributed by atoms with Crippen LogP contribution in [0.1, 0.15) is 34.8 Å². The zero-order valence-electron chi connectivity index (χ0n) is 10.8. The quantitative estimate of drug-likeness (QED) is 0.816. The molecule has 0 saturated carbocycles. The van der Waals surface area contributed by atoms with Gasteiger partial charge in [-0.15, -0.1) is 0 Å². The third-order valence-corrected chi connectivity index (χ3v) is 3.27. The van der Waals surface area contributed by atoms with Gasteiger partial charge in [0.05, 0.1) is 5.54 Å². The molecule has 1 aromatic rings. The van der Waals surface area contributed by atoms with Crippen LogP contribution in [-0.2, 0) is 0 Å². The van der Waals surface area contributed by atoms with Crippen molar-refractivity contribution < 1.29 is 4.79 Å². The Bertz CT molecular complexity index is 414. The SMILES string of the molecule is Cc1cc(C)cc(C(=O)NC2(C)CCNC2)c1. The molecule has 1 amide bonds. The van der Waals surface area contributed by atoms with Gasteiger partial charge in [-0.2, -0.15) is 0 Å². The predicted octanol–water partition coefficient (Wildman–Crippen LogP) is 1.79. The van der Waals surface area contributed by atoms with Crippen LogP contribution < -0.4 is 10.6 Å². The topological polar surface area (TPSA) is 41.1 Å². The van der Waals surface area contributed by atoms with E-state index in [1.165, 1.54) is 0 Å². The highest BCUT2D eigenvalue weighted by Crippen LogP contribution is 2.15. The number of carbonyl (C=O) groups excluding carboxylic acids is 1. The van der Waals surface area contributed by atoms with Gasteiger partial charge in [0.2, 0.25) is 0 Å². The average molecular weight is 232 g/mol. The fourth-order valence-electron chi connectivity index (χ4n) is 2.38. The maximum Gasteiger partial charge on any atom is 0.251 e. The van der Waals surface area contributed by atoms with Gasteiger partial charge in [-0.3, -0.25) is 4.79 Å². The molecule has 0 bridgehead atoms. The fraction of sp³-hybridized carbons (Fsp3) is 0.500. The predicted molar refractivity (Wildman–Crippen MR) is 69.3 cm³/mol. The largest absolute Gasteiger partial charge is 0.346 e. The molecule has 2 rings (SSSR count). The Morgan fingerprint density at radius 3 is 2.47 bits per heavy atom. The summed E-state index contributed by atoms with van der Waals surface area (Å²) >= 11 is 0. The summed E-state index contributed by atoms with van der Waals surface area (Å²) in [7, 11) is 0. The highest BCUT2D eigenvalue weighted by molar-refractivity contribution is 5.95. The lowest BCUT2D eigenvalue weighted by Gasteiger charge is -2.24. The third kappa shape index (κ3) is 2.86. The van der Waals surface area contributed by atoms with Crippen molar-refractivity contribution in [3.05, 3.63) is 34.9 Å². The Hall–Kier alpha value is -1.35. The smallest absolute Gasteiger partial charge is 0.251 e. The number of nitrogens with one attached hydrogen (secondary N) is 2. The highest BCUT2D eigenvalue weighted by atomic mass is 16.1. The molecular weight excluding hydrogens is 212 g/mol. The maximum atomic E-state index is 12.2. The van der Waals surface area contributed by atoms with Crippen LogP contribution in [0.4, 0.5) is 0 Å². The Morgan fingerprint density at radius 2 is 1.94 bits per heavy atom. The van der Waals surface area contributed by atoms with Crippen molar-refractivity contribution in [2.75, 3.05) is 13.1 Å². The van der Waals surface area contributed by atoms with E-state index in [1.807, 2.05) is 26.0 Å². The molecular formula is C14H20N2O. The summed E-state index contributed by atoms with van der Waals surface area (Å²) in [6.07, 6.45) is 0.990. The minimum Gasteiger partial charge on any atom is -0.346 e. The molecule has 1 heterocycles. The first kappa shape index (κ1) is 12.1. The number of rotatable bonds is 2. The number of aryl methyl sites for hydroxylation is 2. The molecule has 0 spiro atoms. The normalized spacial score (nSPS) is 23.7. The van der Waals surface area contributed by atoms with Crippen LogP contribution in [0, 0.1) is 13.8 Å². The van der Waals surface area contributed by atoms with Crippen LogP contribution >= 0.6 is 0 Å². The van der Waals surface area contributed by atoms with Crippen LogP contribution in [0.15, 0.2) is 18.2 Å². The number of hydrogen-bond acceptors (Lipinski definition) is 2. The molecule has 1 atom stereocenters. The number of amides is 1. The molecule has 3 nitrogen and oxygen atoms in total. The summed E-state index contributed by atoms with van der Waals surface area (Å²) in [5.41, 5.74) is 2.92. The first-order valence-corrected chi connectivity index (χ1v) is 6.10. The van der Waals surface area contributed by atoms with Crippen molar-refractivity contribution in [1.29, 1.82) is 0 Å². The molecule has 1 aromatic carbocycles. The molecule has 0 aromatic heterocycles. The van der Waals surface area contributed by atoms with E-state index in [0.29, 0.717) is 0 Å². The molecule has 3 heteroatoms. The number of benzene rings is 1. The van der Waals surface area contributed by atoms with E-state index in [9.17, 15) is 4.79 Å². The lowest BCUT2D eigenvalue weighted by molar-refractivity contribution is 0.0913. The summed E-state index contributed by atoms with van der Waals surface area (Å²) in [6, 6.07) is 5.96. The van der Waals surface area contributed by atoms with Gasteiger partial charge in [-0.25, -0.2) is 0 Å². The van der Waals surface area contributed by atoms with Gasteiger partial charge in [-0.1, -0.05) is 17.2 Å². The minimum absolute atomic E-state index is 0.0306. The van der Waals surface area contributed by atoms with Crippen LogP contribution in [0.5, 0.6) is 0 Å². The van der Waals surface area contributed by atoms with Gasteiger partial charge < -0.3 is 10.6 Å². The van der Waals surface area contributed by atoms with E-state index in [2.05, 4.69) is 23.6 Å². The van der Waals surface area contributed by atoms with Crippen molar-refractivity contribution in [2.24, 2.45) is 0 Å². The molecule has 1 fully saturated rings. The molecule has 1 unspecified atom stereocenters. The lowest BCUT2D eigenvalue weighted by atomic mass is 10.00. The third-order valence-electron chi connectivity index (χ3n) is 3.27. The van der Waals surface area contributed by atoms with Crippen LogP contribution in [0.2, 0.25) is 0 Å². The van der Waals surface area contributed by atoms with E-state index in [-0.39, 0.29) is 11.4 Å². The zero-order valence-corrected chi connectivity index (χ0v) is 10.8. The first-order valence-electron chi connectivity index (χ1n) is 6.10. The van der Waals surface area contributed by atoms with E-state index >= 15 is 0 Å². The fourth-order valence-corrected chi connectivity index (χ4v) is 2.38. The summed E-state index contributed by atoms with van der Waals surface area (Å²) in [5, 5.41) is 6.40. The Labute approximate surface area is 103 Å². The van der Waals surface area contributed by atoms with Crippen molar-refractivity contribution >= 4 is 5.91 Å². The second kappa shape index (κ2) is 4.49. The highest BCUT2D eigenvalue weighted by Gasteiger charge is 2.30. The second-order valence-electron chi connectivity index (χ2n) is 5.32. The summed E-state index contributed by atoms with van der Waals surface area (Å²) in [5.74, 6) is 0.0306. The van der Waals surface area contributed by atoms with Crippen LogP contribution in [0.3, 0.4) is 0 Å². The van der Waals surface area contributed by atoms with Gasteiger partial charge in [0.15, 0.2) is 0 Å². The number of hydrogen-bond donors (Lipinski definition) is 2. The van der Waals surface area contributed by atoms with E-state index in [0.717, 1.165) is 36.2 Å². The molecule has 1 aliphatic rings. The Balaban J connectivity index is 2.14. The lowest BCUT2D eigenvalue weighted by Crippen LogP contribution is -2.47. The van der Waals surface area contributed by atoms with Crippen molar-refractivity contribution in [3.8, 4) is 0 Å². The Kier molecular flexibility index (Phi) is 3.20. The number of carbonyl (C=O) groups is 1. The van der Waals surface area contributed by atoms with Crippen LogP contribution in [-0.4, -0.2) is 24.5 Å². The second-order valence-corrected chi connectivity index (χ2v) is 5.32. The van der Waals surface area contributed by atoms with Gasteiger partial charge in [-0.05, 0) is 45.9 Å². The Morgan fingerprint density at radius 1 is 1.29 bits per heavy atom. The van der Waals surface area contributed by atoms with Crippen molar-refractivity contribution in [2.45, 2.75) is 32.7 Å². The zero-order chi connectivity index (χ0) is 12.5. The molecule has 0 radical (unpaired) electrons. The van der Waals surface area contributed by atoms with Gasteiger partial charge >= 0.3 is 0 Å². The van der Waals surface area contributed by atoms with E-state index in [1.54, 1.807) is 0 Å². The average Bonchev–Trinajstić information content (AvgIpc) is 2.63. The summed E-state index contributed by atoms with van der Waals surface area (Å²) < 4.78 is 0. The standard InChI is InChI=1S/C14H20N2O/c1-10-6-11(2)8-12(7-10)13(17)16-14(3)4-5-15-9-14/h6-8,15H,4-5,9H2,1-3H3,(H,16,17). The monoisotopic (exact) mass is 232 g/mol.